The Balaban J connectivity index is 1.18. The number of hydrogen-bond acceptors (Lipinski definition) is 4. The summed E-state index contributed by atoms with van der Waals surface area (Å²) in [4.78, 5) is 15.9. The molecule has 0 amide bonds. The number of rotatable bonds is 4. The fourth-order valence-electron chi connectivity index (χ4n) is 8.70. The molecule has 0 bridgehead atoms. The largest absolute Gasteiger partial charge is 0.455 e. The van der Waals surface area contributed by atoms with Crippen molar-refractivity contribution in [2.24, 2.45) is 0 Å². The standard InChI is InChI=1S/C49H28N4O/c1-2-14-30(15-3-1)47-50-48(34-20-6-10-26-41(34)53-39-24-8-4-18-31(39)32-19-5-9-25-40(32)53)52-49(51-47)38-28-37-33-22-12-16-29-17-13-23-36(43(29)33)45(37)46-44(38)35-21-7-11-27-42(35)54-46/h1-28H. The van der Waals surface area contributed by atoms with Crippen LogP contribution in [0.1, 0.15) is 0 Å². The van der Waals surface area contributed by atoms with Gasteiger partial charge in [0, 0.05) is 43.8 Å². The van der Waals surface area contributed by atoms with Crippen LogP contribution in [0.15, 0.2) is 174 Å². The van der Waals surface area contributed by atoms with Crippen molar-refractivity contribution in [2.75, 3.05) is 0 Å². The Morgan fingerprint density at radius 2 is 1.00 bits per heavy atom. The molecule has 0 spiro atoms. The molecule has 0 N–H and O–H groups in total. The van der Waals surface area contributed by atoms with Crippen LogP contribution < -0.4 is 0 Å². The van der Waals surface area contributed by atoms with Gasteiger partial charge in [-0.25, -0.2) is 15.0 Å². The minimum absolute atomic E-state index is 0.596. The second kappa shape index (κ2) is 11.1. The molecule has 0 aliphatic heterocycles. The molecular formula is C49H28N4O. The van der Waals surface area contributed by atoms with Crippen molar-refractivity contribution >= 4 is 54.5 Å². The van der Waals surface area contributed by atoms with Crippen LogP contribution in [0.3, 0.4) is 0 Å². The highest BCUT2D eigenvalue weighted by Gasteiger charge is 2.29. The Labute approximate surface area is 309 Å². The van der Waals surface area contributed by atoms with Gasteiger partial charge in [0.15, 0.2) is 17.5 Å². The van der Waals surface area contributed by atoms with E-state index < -0.39 is 0 Å². The molecule has 1 aliphatic rings. The van der Waals surface area contributed by atoms with Crippen molar-refractivity contribution in [3.05, 3.63) is 170 Å². The predicted octanol–water partition coefficient (Wildman–Crippen LogP) is 12.7. The van der Waals surface area contributed by atoms with E-state index in [2.05, 4.69) is 144 Å². The molecule has 250 valence electrons. The third kappa shape index (κ3) is 4.06. The molecular weight excluding hydrogens is 661 g/mol. The van der Waals surface area contributed by atoms with Crippen molar-refractivity contribution in [3.8, 4) is 62.1 Å². The summed E-state index contributed by atoms with van der Waals surface area (Å²) < 4.78 is 9.16. The molecule has 5 heteroatoms. The molecule has 0 saturated heterocycles. The molecule has 0 unspecified atom stereocenters. The first-order valence-corrected chi connectivity index (χ1v) is 18.2. The monoisotopic (exact) mass is 688 g/mol. The summed E-state index contributed by atoms with van der Waals surface area (Å²) >= 11 is 0. The van der Waals surface area contributed by atoms with Gasteiger partial charge in [-0.1, -0.05) is 133 Å². The van der Waals surface area contributed by atoms with E-state index in [4.69, 9.17) is 19.4 Å². The van der Waals surface area contributed by atoms with Gasteiger partial charge in [0.25, 0.3) is 0 Å². The second-order valence-electron chi connectivity index (χ2n) is 13.9. The van der Waals surface area contributed by atoms with Crippen LogP contribution in [0.4, 0.5) is 0 Å². The highest BCUT2D eigenvalue weighted by molar-refractivity contribution is 6.26. The quantitative estimate of drug-likeness (QED) is 0.185. The summed E-state index contributed by atoms with van der Waals surface area (Å²) in [6, 6.07) is 59.4. The van der Waals surface area contributed by atoms with Gasteiger partial charge in [-0.15, -0.1) is 0 Å². The van der Waals surface area contributed by atoms with Gasteiger partial charge in [-0.2, -0.15) is 0 Å². The van der Waals surface area contributed by atoms with E-state index in [1.807, 2.05) is 30.3 Å². The molecule has 0 radical (unpaired) electrons. The first kappa shape index (κ1) is 29.2. The van der Waals surface area contributed by atoms with Crippen LogP contribution in [0.2, 0.25) is 0 Å². The minimum atomic E-state index is 0.596. The van der Waals surface area contributed by atoms with Gasteiger partial charge < -0.3 is 8.98 Å². The number of para-hydroxylation sites is 4. The van der Waals surface area contributed by atoms with Crippen molar-refractivity contribution in [1.82, 2.24) is 19.5 Å². The van der Waals surface area contributed by atoms with E-state index >= 15 is 0 Å². The van der Waals surface area contributed by atoms with Crippen molar-refractivity contribution in [1.29, 1.82) is 0 Å². The molecule has 3 aromatic heterocycles. The Morgan fingerprint density at radius 1 is 0.407 bits per heavy atom. The molecule has 54 heavy (non-hydrogen) atoms. The molecule has 3 heterocycles. The highest BCUT2D eigenvalue weighted by atomic mass is 16.3. The van der Waals surface area contributed by atoms with Crippen LogP contribution >= 0.6 is 0 Å². The Morgan fingerprint density at radius 3 is 1.78 bits per heavy atom. The smallest absolute Gasteiger partial charge is 0.166 e. The SMILES string of the molecule is c1ccc(-c2nc(-c3ccccc3-n3c4ccccc4c4ccccc43)nc(-c3cc4c(c5oc6ccccc6c35)-c3cccc5cccc-4c35)n2)cc1. The van der Waals surface area contributed by atoms with E-state index in [0.717, 1.165) is 66.5 Å². The molecule has 5 nitrogen and oxygen atoms in total. The Kier molecular flexibility index (Phi) is 5.99. The zero-order valence-corrected chi connectivity index (χ0v) is 28.9. The molecule has 8 aromatic carbocycles. The van der Waals surface area contributed by atoms with E-state index in [0.29, 0.717) is 17.5 Å². The average molecular weight is 689 g/mol. The van der Waals surface area contributed by atoms with Gasteiger partial charge in [-0.3, -0.25) is 0 Å². The summed E-state index contributed by atoms with van der Waals surface area (Å²) in [5.41, 5.74) is 12.3. The van der Waals surface area contributed by atoms with Gasteiger partial charge in [-0.05, 0) is 63.9 Å². The summed E-state index contributed by atoms with van der Waals surface area (Å²) in [5, 5.41) is 6.89. The minimum Gasteiger partial charge on any atom is -0.455 e. The lowest BCUT2D eigenvalue weighted by atomic mass is 9.95. The second-order valence-corrected chi connectivity index (χ2v) is 13.9. The molecule has 11 aromatic rings. The van der Waals surface area contributed by atoms with Crippen LogP contribution in [0.25, 0.3) is 117 Å². The Hall–Kier alpha value is -7.37. The molecule has 12 rings (SSSR count). The molecule has 0 atom stereocenters. The van der Waals surface area contributed by atoms with Crippen molar-refractivity contribution in [2.45, 2.75) is 0 Å². The first-order chi connectivity index (χ1) is 26.8. The zero-order valence-electron chi connectivity index (χ0n) is 28.9. The lowest BCUT2D eigenvalue weighted by molar-refractivity contribution is 0.670. The fraction of sp³-hybridized carbons (Fsp3) is 0. The lowest BCUT2D eigenvalue weighted by Crippen LogP contribution is -2.04. The normalized spacial score (nSPS) is 12.1. The molecule has 1 aliphatic carbocycles. The van der Waals surface area contributed by atoms with E-state index in [1.54, 1.807) is 0 Å². The number of aromatic nitrogens is 4. The van der Waals surface area contributed by atoms with Crippen molar-refractivity contribution < 1.29 is 4.42 Å². The maximum atomic E-state index is 6.82. The van der Waals surface area contributed by atoms with Crippen LogP contribution in [-0.4, -0.2) is 19.5 Å². The van der Waals surface area contributed by atoms with Gasteiger partial charge >= 0.3 is 0 Å². The molecule has 0 saturated carbocycles. The topological polar surface area (TPSA) is 56.7 Å². The number of fused-ring (bicyclic) bond motifs is 10. The molecule has 0 fully saturated rings. The fourth-order valence-corrected chi connectivity index (χ4v) is 8.70. The maximum Gasteiger partial charge on any atom is 0.166 e. The van der Waals surface area contributed by atoms with E-state index in [1.165, 1.54) is 32.7 Å². The van der Waals surface area contributed by atoms with E-state index in [-0.39, 0.29) is 0 Å². The number of nitrogens with zero attached hydrogens (tertiary/aromatic N) is 4. The third-order valence-corrected chi connectivity index (χ3v) is 11.0. The maximum absolute atomic E-state index is 6.82. The van der Waals surface area contributed by atoms with Crippen LogP contribution in [0, 0.1) is 0 Å². The summed E-state index contributed by atoms with van der Waals surface area (Å²) in [6.07, 6.45) is 0. The highest BCUT2D eigenvalue weighted by Crippen LogP contribution is 2.53. The first-order valence-electron chi connectivity index (χ1n) is 18.2. The lowest BCUT2D eigenvalue weighted by Gasteiger charge is -2.15. The van der Waals surface area contributed by atoms with Gasteiger partial charge in [0.1, 0.15) is 11.2 Å². The summed E-state index contributed by atoms with van der Waals surface area (Å²) in [5.74, 6) is 1.81. The van der Waals surface area contributed by atoms with E-state index in [9.17, 15) is 0 Å². The van der Waals surface area contributed by atoms with Gasteiger partial charge in [0.05, 0.1) is 16.7 Å². The zero-order chi connectivity index (χ0) is 35.3. The summed E-state index contributed by atoms with van der Waals surface area (Å²) in [6.45, 7) is 0. The predicted molar refractivity (Wildman–Crippen MR) is 220 cm³/mol. The number of furan rings is 1. The Bertz CT molecular complexity index is 3280. The number of benzene rings is 8. The average Bonchev–Trinajstić information content (AvgIpc) is 3.90. The van der Waals surface area contributed by atoms with Crippen LogP contribution in [0.5, 0.6) is 0 Å². The van der Waals surface area contributed by atoms with Crippen molar-refractivity contribution in [3.63, 3.8) is 0 Å². The van der Waals surface area contributed by atoms with Gasteiger partial charge in [0.2, 0.25) is 0 Å². The third-order valence-electron chi connectivity index (χ3n) is 11.0. The number of hydrogen-bond donors (Lipinski definition) is 0. The summed E-state index contributed by atoms with van der Waals surface area (Å²) in [7, 11) is 0. The van der Waals surface area contributed by atoms with Crippen LogP contribution in [-0.2, 0) is 0 Å².